The minimum absolute atomic E-state index is 0.0571. The lowest BCUT2D eigenvalue weighted by Gasteiger charge is -2.28. The molecule has 0 bridgehead atoms. The summed E-state index contributed by atoms with van der Waals surface area (Å²) < 4.78 is 13.5. The van der Waals surface area contributed by atoms with E-state index in [4.69, 9.17) is 0 Å². The first-order chi connectivity index (χ1) is 6.20. The van der Waals surface area contributed by atoms with Gasteiger partial charge in [-0.2, -0.15) is 0 Å². The van der Waals surface area contributed by atoms with E-state index >= 15 is 0 Å². The molecule has 0 saturated heterocycles. The normalized spacial score (nSPS) is 27.0. The second-order valence-corrected chi connectivity index (χ2v) is 3.77. The van der Waals surface area contributed by atoms with E-state index < -0.39 is 0 Å². The van der Waals surface area contributed by atoms with Gasteiger partial charge in [0, 0.05) is 12.6 Å². The van der Waals surface area contributed by atoms with Gasteiger partial charge in [-0.15, -0.1) is 0 Å². The summed E-state index contributed by atoms with van der Waals surface area (Å²) in [4.78, 5) is 0. The SMILES string of the molecule is CC1CNC(C)c2cccc(F)c21. The number of benzene rings is 1. The first-order valence-corrected chi connectivity index (χ1v) is 4.72. The molecule has 2 unspecified atom stereocenters. The summed E-state index contributed by atoms with van der Waals surface area (Å²) in [6.45, 7) is 5.00. The first-order valence-electron chi connectivity index (χ1n) is 4.72. The van der Waals surface area contributed by atoms with Gasteiger partial charge in [-0.1, -0.05) is 19.1 Å². The van der Waals surface area contributed by atoms with Gasteiger partial charge in [-0.25, -0.2) is 4.39 Å². The highest BCUT2D eigenvalue weighted by Gasteiger charge is 2.23. The lowest BCUT2D eigenvalue weighted by atomic mass is 9.88. The molecule has 1 heterocycles. The number of hydrogen-bond acceptors (Lipinski definition) is 1. The fourth-order valence-electron chi connectivity index (χ4n) is 2.02. The van der Waals surface area contributed by atoms with Crippen molar-refractivity contribution in [3.05, 3.63) is 35.1 Å². The number of fused-ring (bicyclic) bond motifs is 1. The lowest BCUT2D eigenvalue weighted by molar-refractivity contribution is 0.470. The molecule has 1 aromatic rings. The van der Waals surface area contributed by atoms with Gasteiger partial charge >= 0.3 is 0 Å². The van der Waals surface area contributed by atoms with Crippen molar-refractivity contribution in [3.63, 3.8) is 0 Å². The summed E-state index contributed by atoms with van der Waals surface area (Å²) in [6, 6.07) is 5.62. The summed E-state index contributed by atoms with van der Waals surface area (Å²) in [6.07, 6.45) is 0. The van der Waals surface area contributed by atoms with Gasteiger partial charge in [0.15, 0.2) is 0 Å². The Labute approximate surface area is 78.0 Å². The third kappa shape index (κ3) is 1.35. The summed E-state index contributed by atoms with van der Waals surface area (Å²) in [5, 5.41) is 3.35. The Balaban J connectivity index is 2.56. The van der Waals surface area contributed by atoms with Crippen molar-refractivity contribution in [2.75, 3.05) is 6.54 Å². The Morgan fingerprint density at radius 1 is 1.38 bits per heavy atom. The lowest BCUT2D eigenvalue weighted by Crippen LogP contribution is -2.31. The van der Waals surface area contributed by atoms with Gasteiger partial charge in [0.2, 0.25) is 0 Å². The Hall–Kier alpha value is -0.890. The zero-order valence-corrected chi connectivity index (χ0v) is 7.97. The van der Waals surface area contributed by atoms with Crippen LogP contribution >= 0.6 is 0 Å². The van der Waals surface area contributed by atoms with Crippen molar-refractivity contribution in [1.29, 1.82) is 0 Å². The molecule has 0 aromatic heterocycles. The summed E-state index contributed by atoms with van der Waals surface area (Å²) >= 11 is 0. The van der Waals surface area contributed by atoms with E-state index in [9.17, 15) is 4.39 Å². The molecule has 0 radical (unpaired) electrons. The largest absolute Gasteiger partial charge is 0.310 e. The molecule has 13 heavy (non-hydrogen) atoms. The van der Waals surface area contributed by atoms with Gasteiger partial charge in [0.25, 0.3) is 0 Å². The predicted octanol–water partition coefficient (Wildman–Crippen LogP) is 2.59. The zero-order valence-electron chi connectivity index (χ0n) is 7.97. The van der Waals surface area contributed by atoms with Crippen molar-refractivity contribution in [2.45, 2.75) is 25.8 Å². The van der Waals surface area contributed by atoms with E-state index in [-0.39, 0.29) is 17.8 Å². The van der Waals surface area contributed by atoms with Crippen molar-refractivity contribution in [3.8, 4) is 0 Å². The van der Waals surface area contributed by atoms with E-state index in [0.717, 1.165) is 17.7 Å². The maximum atomic E-state index is 13.5. The summed E-state index contributed by atoms with van der Waals surface area (Å²) in [5.74, 6) is 0.228. The Morgan fingerprint density at radius 2 is 2.15 bits per heavy atom. The van der Waals surface area contributed by atoms with Crippen molar-refractivity contribution in [2.24, 2.45) is 0 Å². The van der Waals surface area contributed by atoms with Crippen LogP contribution in [0.15, 0.2) is 18.2 Å². The molecule has 0 saturated carbocycles. The smallest absolute Gasteiger partial charge is 0.127 e. The molecular weight excluding hydrogens is 165 g/mol. The average molecular weight is 179 g/mol. The molecule has 1 aromatic carbocycles. The summed E-state index contributed by atoms with van der Waals surface area (Å²) in [5.41, 5.74) is 2.01. The molecule has 70 valence electrons. The van der Waals surface area contributed by atoms with Gasteiger partial charge in [0.1, 0.15) is 5.82 Å². The van der Waals surface area contributed by atoms with Gasteiger partial charge < -0.3 is 5.32 Å². The molecule has 1 nitrogen and oxygen atoms in total. The van der Waals surface area contributed by atoms with Crippen LogP contribution in [-0.4, -0.2) is 6.54 Å². The number of hydrogen-bond donors (Lipinski definition) is 1. The van der Waals surface area contributed by atoms with Crippen LogP contribution in [0.1, 0.15) is 36.9 Å². The van der Waals surface area contributed by atoms with Crippen molar-refractivity contribution >= 4 is 0 Å². The average Bonchev–Trinajstić information content (AvgIpc) is 2.12. The van der Waals surface area contributed by atoms with Crippen LogP contribution in [0.25, 0.3) is 0 Å². The van der Waals surface area contributed by atoms with Gasteiger partial charge in [-0.05, 0) is 30.0 Å². The van der Waals surface area contributed by atoms with E-state index in [1.165, 1.54) is 0 Å². The third-order valence-corrected chi connectivity index (χ3v) is 2.78. The Bertz CT molecular complexity index is 322. The predicted molar refractivity (Wildman–Crippen MR) is 51.2 cm³/mol. The highest BCUT2D eigenvalue weighted by molar-refractivity contribution is 5.36. The highest BCUT2D eigenvalue weighted by Crippen LogP contribution is 2.31. The fourth-order valence-corrected chi connectivity index (χ4v) is 2.02. The number of rotatable bonds is 0. The number of halogens is 1. The monoisotopic (exact) mass is 179 g/mol. The fraction of sp³-hybridized carbons (Fsp3) is 0.455. The van der Waals surface area contributed by atoms with E-state index in [1.807, 2.05) is 6.07 Å². The van der Waals surface area contributed by atoms with E-state index in [2.05, 4.69) is 19.2 Å². The van der Waals surface area contributed by atoms with Crippen LogP contribution in [0.2, 0.25) is 0 Å². The second-order valence-electron chi connectivity index (χ2n) is 3.77. The van der Waals surface area contributed by atoms with Crippen LogP contribution in [-0.2, 0) is 0 Å². The standard InChI is InChI=1S/C11H14FN/c1-7-6-13-8(2)9-4-3-5-10(12)11(7)9/h3-5,7-8,13H,6H2,1-2H3. The quantitative estimate of drug-likeness (QED) is 0.645. The van der Waals surface area contributed by atoms with Gasteiger partial charge in [0.05, 0.1) is 0 Å². The van der Waals surface area contributed by atoms with E-state index in [0.29, 0.717) is 0 Å². The molecule has 1 aliphatic heterocycles. The number of nitrogens with one attached hydrogen (secondary N) is 1. The van der Waals surface area contributed by atoms with Crippen LogP contribution in [0, 0.1) is 5.82 Å². The summed E-state index contributed by atoms with van der Waals surface area (Å²) in [7, 11) is 0. The Kier molecular flexibility index (Phi) is 2.08. The first kappa shape index (κ1) is 8.70. The molecule has 0 spiro atoms. The molecule has 2 rings (SSSR count). The minimum atomic E-state index is -0.0571. The maximum Gasteiger partial charge on any atom is 0.127 e. The third-order valence-electron chi connectivity index (χ3n) is 2.78. The second kappa shape index (κ2) is 3.11. The molecule has 1 aliphatic rings. The van der Waals surface area contributed by atoms with Crippen LogP contribution in [0.4, 0.5) is 4.39 Å². The Morgan fingerprint density at radius 3 is 2.85 bits per heavy atom. The highest BCUT2D eigenvalue weighted by atomic mass is 19.1. The van der Waals surface area contributed by atoms with Crippen LogP contribution < -0.4 is 5.32 Å². The van der Waals surface area contributed by atoms with E-state index in [1.54, 1.807) is 12.1 Å². The van der Waals surface area contributed by atoms with Crippen LogP contribution in [0.3, 0.4) is 0 Å². The van der Waals surface area contributed by atoms with Gasteiger partial charge in [-0.3, -0.25) is 0 Å². The molecule has 2 atom stereocenters. The molecule has 0 amide bonds. The molecular formula is C11H14FN. The van der Waals surface area contributed by atoms with Crippen molar-refractivity contribution < 1.29 is 4.39 Å². The molecule has 2 heteroatoms. The maximum absolute atomic E-state index is 13.5. The minimum Gasteiger partial charge on any atom is -0.310 e. The van der Waals surface area contributed by atoms with Crippen LogP contribution in [0.5, 0.6) is 0 Å². The zero-order chi connectivity index (χ0) is 9.42. The molecule has 1 N–H and O–H groups in total. The topological polar surface area (TPSA) is 12.0 Å². The van der Waals surface area contributed by atoms with Crippen molar-refractivity contribution in [1.82, 2.24) is 5.32 Å². The molecule has 0 fully saturated rings. The molecule has 0 aliphatic carbocycles.